The van der Waals surface area contributed by atoms with Gasteiger partial charge in [0, 0.05) is 117 Å². The number of hydrogen-bond donors (Lipinski definition) is 18. The summed E-state index contributed by atoms with van der Waals surface area (Å²) in [6.45, 7) is 14.8. The molecule has 0 radical (unpaired) electrons. The molecule has 2 aliphatic heterocycles. The summed E-state index contributed by atoms with van der Waals surface area (Å²) >= 11 is 0.884. The van der Waals surface area contributed by atoms with Gasteiger partial charge in [-0.25, -0.2) is 8.42 Å². The van der Waals surface area contributed by atoms with E-state index in [4.69, 9.17) is 48.9 Å². The van der Waals surface area contributed by atoms with Crippen molar-refractivity contribution in [2.24, 2.45) is 33.8 Å². The third-order valence-corrected chi connectivity index (χ3v) is 22.1. The van der Waals surface area contributed by atoms with Gasteiger partial charge in [0.2, 0.25) is 53.2 Å². The summed E-state index contributed by atoms with van der Waals surface area (Å²) in [6.07, 6.45) is 11.8. The van der Waals surface area contributed by atoms with Crippen LogP contribution in [0.5, 0.6) is 0 Å². The lowest BCUT2D eigenvalue weighted by atomic mass is 9.77. The lowest BCUT2D eigenvalue weighted by molar-refractivity contribution is -0.138. The Morgan fingerprint density at radius 3 is 1.90 bits per heavy atom. The minimum atomic E-state index is -4.55. The van der Waals surface area contributed by atoms with Gasteiger partial charge in [0.1, 0.15) is 30.8 Å². The highest BCUT2D eigenvalue weighted by molar-refractivity contribution is 8.00. The number of anilines is 1. The van der Waals surface area contributed by atoms with Gasteiger partial charge in [-0.05, 0) is 137 Å². The molecular formula is C77H113N19O16S3. The average molecular weight is 1660 g/mol. The van der Waals surface area contributed by atoms with Crippen molar-refractivity contribution in [3.8, 4) is 0 Å². The largest absolute Gasteiger partial charge is 0.370 e. The van der Waals surface area contributed by atoms with E-state index in [1.54, 1.807) is 55.5 Å². The fourth-order valence-corrected chi connectivity index (χ4v) is 15.1. The fourth-order valence-electron chi connectivity index (χ4n) is 12.9. The maximum Gasteiger partial charge on any atom is 0.294 e. The lowest BCUT2D eigenvalue weighted by Gasteiger charge is -2.28. The van der Waals surface area contributed by atoms with E-state index in [0.717, 1.165) is 44.9 Å². The number of unbranched alkanes of at least 4 members (excludes halogenated alkanes) is 2. The van der Waals surface area contributed by atoms with Crippen molar-refractivity contribution in [1.82, 2.24) is 52.8 Å². The smallest absolute Gasteiger partial charge is 0.294 e. The molecule has 1 unspecified atom stereocenters. The number of imide groups is 1. The summed E-state index contributed by atoms with van der Waals surface area (Å²) in [4.78, 5) is 143. The number of rotatable bonds is 49. The molecule has 1 saturated heterocycles. The summed E-state index contributed by atoms with van der Waals surface area (Å²) in [7, 11) is -7.35. The molecule has 3 aromatic carbocycles. The highest BCUT2D eigenvalue weighted by atomic mass is 32.2. The number of Topliss-reactive ketones (excluding diaryl/α,β-unsaturated/α-hetero) is 1. The molecule has 2 heterocycles. The van der Waals surface area contributed by atoms with Crippen LogP contribution < -0.4 is 75.7 Å². The standard InChI is InChI=1S/C77H113N19O16S3/c1-9-85-62(76(5,6)54-42-52(114(107)108)30-25-47(54)2)22-12-10-13-23-63-77(7,8)55-43-53(115(109,110)111)31-32-60(55)95(63)38-15-11-14-24-64(98)86-36-39-96-66(100)44-61(72(96)106)113-46-59(69(103)87-37-40-112-45-65(99)91-58(67(78)101)41-50-26-28-51(29-27-50)49(4)97)94-71(105)57(21-18-35-90-75(83)84)93-70(104)56(20-17-34-89-74(81)82)92-68(102)48(3)19-16-33-88-73(79)80/h10,12-13,22-23,25-32,42-43,48,56-59,61,114H,9,11,14-21,24,33-41,44-46H2,1-8H3,(H2,78,101)(H,86,98)(H,87,103)(H,91,99)(H,92,102)(H,93,104)(H,94,105)(H4,79,80,88)(H4,81,82,89)(H4,83,84,90)(H,109,110,111)/b13-10+,22-12+,63-23+,85-62+/t48-,56-,57-,58+,59-,61?/m1/s1. The van der Waals surface area contributed by atoms with Gasteiger partial charge in [0.05, 0.1) is 21.6 Å². The van der Waals surface area contributed by atoms with Crippen molar-refractivity contribution >= 4 is 121 Å². The molecule has 0 aromatic heterocycles. The summed E-state index contributed by atoms with van der Waals surface area (Å²) in [5, 5.41) is 45.6. The number of amides is 9. The molecule has 5 rings (SSSR count). The van der Waals surface area contributed by atoms with Gasteiger partial charge in [0.15, 0.2) is 34.4 Å². The number of fused-ring (bicyclic) bond motifs is 1. The summed E-state index contributed by atoms with van der Waals surface area (Å²) in [5.74, 6) is -8.19. The number of carbonyl (C=O) groups excluding carboxylic acids is 10. The number of carbonyl (C=O) groups is 10. The number of aliphatic imine (C=N–C) groups is 1. The Morgan fingerprint density at radius 2 is 1.31 bits per heavy atom. The second-order valence-electron chi connectivity index (χ2n) is 28.9. The van der Waals surface area contributed by atoms with Gasteiger partial charge in [-0.3, -0.25) is 78.6 Å². The Morgan fingerprint density at radius 1 is 0.704 bits per heavy atom. The molecule has 115 heavy (non-hydrogen) atoms. The van der Waals surface area contributed by atoms with Crippen LogP contribution in [0.2, 0.25) is 0 Å². The SMILES string of the molecule is CC\N=C(/C=C/C=C/C=C1/N(CCCCCC(=O)NCCN2C(=O)CC(SC[C@@H](NC(=O)[C@@H](CCCNC(=N)N)NC(=O)[C@@H](CCCNC(=N)N)NC(=O)[C@H](C)CCCNC(=N)N)C(=O)NCCOCC(=O)N[C@@H](Cc3ccc(C(C)=O)cc3)C(N)=O)C2=O)c2ccc(S(=O)(=O)O)cc2C1(C)C)C(C)(C)c1cc([SH](=O)=O)ccc1C. The predicted octanol–water partition coefficient (Wildman–Crippen LogP) is 1.71. The van der Waals surface area contributed by atoms with Crippen LogP contribution in [0.25, 0.3) is 0 Å². The number of nitrogens with two attached hydrogens (primary N) is 4. The second-order valence-corrected chi connectivity index (χ2v) is 32.6. The number of thioether (sulfide) groups is 1. The highest BCUT2D eigenvalue weighted by Gasteiger charge is 2.42. The van der Waals surface area contributed by atoms with Crippen LogP contribution >= 0.6 is 11.8 Å². The minimum absolute atomic E-state index is 0.00478. The number of aryl methyl sites for hydroxylation is 1. The first-order chi connectivity index (χ1) is 54.3. The van der Waals surface area contributed by atoms with E-state index in [0.29, 0.717) is 68.4 Å². The van der Waals surface area contributed by atoms with Crippen molar-refractivity contribution in [2.75, 3.05) is 76.2 Å². The first kappa shape index (κ1) is 95.0. The van der Waals surface area contributed by atoms with Crippen LogP contribution in [0, 0.1) is 29.1 Å². The first-order valence-corrected chi connectivity index (χ1v) is 41.6. The molecule has 21 N–H and O–H groups in total. The van der Waals surface area contributed by atoms with E-state index in [-0.39, 0.29) is 129 Å². The third kappa shape index (κ3) is 30.6. The fraction of sp³-hybridized carbons (Fsp3) is 0.506. The number of ketones is 1. The van der Waals surface area contributed by atoms with Gasteiger partial charge in [-0.1, -0.05) is 89.6 Å². The molecule has 0 spiro atoms. The summed E-state index contributed by atoms with van der Waals surface area (Å²) in [5.41, 5.74) is 26.4. The molecule has 9 amide bonds. The Hall–Kier alpha value is -10.6. The van der Waals surface area contributed by atoms with Crippen LogP contribution in [0.4, 0.5) is 5.69 Å². The summed E-state index contributed by atoms with van der Waals surface area (Å²) in [6, 6.07) is 10.6. The molecule has 0 bridgehead atoms. The molecule has 38 heteroatoms. The van der Waals surface area contributed by atoms with Gasteiger partial charge in [-0.15, -0.1) is 11.8 Å². The Labute approximate surface area is 677 Å². The maximum absolute atomic E-state index is 14.6. The molecule has 0 aliphatic carbocycles. The number of primary amides is 1. The number of guanidine groups is 3. The van der Waals surface area contributed by atoms with E-state index >= 15 is 0 Å². The van der Waals surface area contributed by atoms with E-state index in [2.05, 4.69) is 52.8 Å². The highest BCUT2D eigenvalue weighted by Crippen LogP contribution is 2.49. The maximum atomic E-state index is 14.6. The minimum Gasteiger partial charge on any atom is -0.370 e. The number of likely N-dealkylation sites (tertiary alicyclic amines) is 1. The number of hydrogen-bond acceptors (Lipinski definition) is 21. The van der Waals surface area contributed by atoms with E-state index < -0.39 is 121 Å². The molecule has 0 saturated carbocycles. The van der Waals surface area contributed by atoms with Crippen molar-refractivity contribution in [3.05, 3.63) is 125 Å². The molecule has 1 fully saturated rings. The van der Waals surface area contributed by atoms with E-state index in [1.165, 1.54) is 19.1 Å². The van der Waals surface area contributed by atoms with Crippen LogP contribution in [0.15, 0.2) is 112 Å². The van der Waals surface area contributed by atoms with Gasteiger partial charge < -0.3 is 80.4 Å². The first-order valence-electron chi connectivity index (χ1n) is 37.9. The second kappa shape index (κ2) is 46.1. The van der Waals surface area contributed by atoms with Gasteiger partial charge in [0.25, 0.3) is 10.1 Å². The summed E-state index contributed by atoms with van der Waals surface area (Å²) < 4.78 is 64.2. The molecule has 630 valence electrons. The quantitative estimate of drug-likeness (QED) is 0.00559. The van der Waals surface area contributed by atoms with Crippen LogP contribution in [0.1, 0.15) is 152 Å². The Balaban J connectivity index is 1.26. The van der Waals surface area contributed by atoms with E-state index in [1.807, 2.05) is 71.9 Å². The van der Waals surface area contributed by atoms with Gasteiger partial charge >= 0.3 is 0 Å². The molecule has 35 nitrogen and oxygen atoms in total. The normalized spacial score (nSPS) is 15.8. The van der Waals surface area contributed by atoms with E-state index in [9.17, 15) is 69.3 Å². The predicted molar refractivity (Wildman–Crippen MR) is 440 cm³/mol. The number of allylic oxidation sites excluding steroid dienone is 6. The van der Waals surface area contributed by atoms with Crippen molar-refractivity contribution in [2.45, 2.75) is 182 Å². The Bertz CT molecular complexity index is 4330. The van der Waals surface area contributed by atoms with Crippen molar-refractivity contribution in [3.63, 3.8) is 0 Å². The number of nitrogens with zero attached hydrogens (tertiary/aromatic N) is 3. The zero-order valence-corrected chi connectivity index (χ0v) is 68.9. The van der Waals surface area contributed by atoms with Crippen molar-refractivity contribution < 1.29 is 74.1 Å². The number of ether oxygens (including phenoxy) is 1. The molecule has 2 aliphatic rings. The number of nitrogens with one attached hydrogen (secondary N) is 12. The Kier molecular flexibility index (Phi) is 38.1. The number of benzene rings is 3. The zero-order chi connectivity index (χ0) is 85.3. The molecule has 3 aromatic rings. The lowest BCUT2D eigenvalue weighted by Crippen LogP contribution is -2.58. The van der Waals surface area contributed by atoms with Gasteiger partial charge in [-0.2, -0.15) is 8.42 Å². The monoisotopic (exact) mass is 1660 g/mol. The topological polar surface area (TPSA) is 571 Å². The van der Waals surface area contributed by atoms with Crippen LogP contribution in [-0.2, 0) is 86.0 Å². The third-order valence-electron chi connectivity index (χ3n) is 19.3. The zero-order valence-electron chi connectivity index (χ0n) is 66.4. The number of thiol groups is 1. The van der Waals surface area contributed by atoms with Crippen LogP contribution in [0.3, 0.4) is 0 Å². The molecule has 6 atom stereocenters. The van der Waals surface area contributed by atoms with Crippen molar-refractivity contribution in [1.29, 1.82) is 16.2 Å². The molecular weight excluding hydrogens is 1540 g/mol. The average Bonchev–Trinajstić information content (AvgIpc) is 1.59. The van der Waals surface area contributed by atoms with Crippen LogP contribution in [-0.4, -0.2) is 210 Å².